The van der Waals surface area contributed by atoms with Gasteiger partial charge in [0.25, 0.3) is 0 Å². The Hall–Kier alpha value is -2.72. The highest BCUT2D eigenvalue weighted by Crippen LogP contribution is 2.41. The molecular formula is C21H27N5O4S. The number of rotatable bonds is 3. The SMILES string of the molecule is CC1Cc2nc(-c3ccc(NC(N)=O)cc3)nc(N3CCOC[C@@H]3C)c2C(C)S1(=O)=O. The number of amides is 2. The maximum Gasteiger partial charge on any atom is 0.316 e. The number of primary amides is 1. The lowest BCUT2D eigenvalue weighted by atomic mass is 10.0. The molecule has 3 atom stereocenters. The number of anilines is 2. The van der Waals surface area contributed by atoms with Crippen LogP contribution in [0.3, 0.4) is 0 Å². The molecule has 31 heavy (non-hydrogen) atoms. The van der Waals surface area contributed by atoms with Gasteiger partial charge in [0.15, 0.2) is 15.7 Å². The molecular weight excluding hydrogens is 418 g/mol. The molecule has 2 aliphatic rings. The first-order valence-corrected chi connectivity index (χ1v) is 11.9. The van der Waals surface area contributed by atoms with E-state index in [-0.39, 0.29) is 6.04 Å². The molecule has 4 rings (SSSR count). The lowest BCUT2D eigenvalue weighted by molar-refractivity contribution is 0.0984. The number of urea groups is 1. The zero-order valence-corrected chi connectivity index (χ0v) is 18.6. The van der Waals surface area contributed by atoms with E-state index in [2.05, 4.69) is 10.2 Å². The molecule has 1 saturated heterocycles. The molecule has 0 bridgehead atoms. The minimum Gasteiger partial charge on any atom is -0.377 e. The normalized spacial score (nSPS) is 25.0. The Labute approximate surface area is 181 Å². The number of nitrogens with one attached hydrogen (secondary N) is 1. The number of hydrogen-bond acceptors (Lipinski definition) is 7. The van der Waals surface area contributed by atoms with Crippen LogP contribution >= 0.6 is 0 Å². The van der Waals surface area contributed by atoms with Gasteiger partial charge in [0.05, 0.1) is 35.4 Å². The zero-order chi connectivity index (χ0) is 22.3. The number of morpholine rings is 1. The quantitative estimate of drug-likeness (QED) is 0.742. The summed E-state index contributed by atoms with van der Waals surface area (Å²) in [6.07, 6.45) is 0.352. The van der Waals surface area contributed by atoms with Crippen molar-refractivity contribution in [2.75, 3.05) is 30.0 Å². The smallest absolute Gasteiger partial charge is 0.316 e. The van der Waals surface area contributed by atoms with Crippen molar-refractivity contribution in [2.45, 2.75) is 43.7 Å². The molecule has 2 amide bonds. The van der Waals surface area contributed by atoms with Crippen molar-refractivity contribution in [1.29, 1.82) is 0 Å². The van der Waals surface area contributed by atoms with E-state index in [4.69, 9.17) is 20.4 Å². The second kappa shape index (κ2) is 8.08. The fraction of sp³-hybridized carbons (Fsp3) is 0.476. The van der Waals surface area contributed by atoms with Gasteiger partial charge in [-0.15, -0.1) is 0 Å². The monoisotopic (exact) mass is 445 g/mol. The third kappa shape index (κ3) is 3.97. The molecule has 3 N–H and O–H groups in total. The van der Waals surface area contributed by atoms with Gasteiger partial charge < -0.3 is 20.7 Å². The van der Waals surface area contributed by atoms with E-state index in [1.807, 2.05) is 19.1 Å². The molecule has 1 fully saturated rings. The molecule has 2 aromatic rings. The summed E-state index contributed by atoms with van der Waals surface area (Å²) >= 11 is 0. The van der Waals surface area contributed by atoms with Crippen molar-refractivity contribution in [1.82, 2.24) is 9.97 Å². The summed E-state index contributed by atoms with van der Waals surface area (Å²) in [5, 5.41) is 1.35. The average molecular weight is 446 g/mol. The Kier molecular flexibility index (Phi) is 5.61. The predicted octanol–water partition coefficient (Wildman–Crippen LogP) is 2.28. The topological polar surface area (TPSA) is 128 Å². The highest BCUT2D eigenvalue weighted by Gasteiger charge is 2.40. The molecule has 1 aromatic heterocycles. The molecule has 0 aliphatic carbocycles. The predicted molar refractivity (Wildman–Crippen MR) is 119 cm³/mol. The largest absolute Gasteiger partial charge is 0.377 e. The van der Waals surface area contributed by atoms with Crippen molar-refractivity contribution in [3.05, 3.63) is 35.5 Å². The molecule has 0 spiro atoms. The van der Waals surface area contributed by atoms with Gasteiger partial charge in [-0.2, -0.15) is 0 Å². The molecule has 2 unspecified atom stereocenters. The number of aromatic nitrogens is 2. The molecule has 166 valence electrons. The summed E-state index contributed by atoms with van der Waals surface area (Å²) in [4.78, 5) is 22.8. The molecule has 1 aromatic carbocycles. The number of carbonyl (C=O) groups is 1. The van der Waals surface area contributed by atoms with E-state index in [9.17, 15) is 13.2 Å². The average Bonchev–Trinajstić information content (AvgIpc) is 2.72. The van der Waals surface area contributed by atoms with Gasteiger partial charge in [0, 0.05) is 29.8 Å². The summed E-state index contributed by atoms with van der Waals surface area (Å²) in [5.74, 6) is 1.19. The summed E-state index contributed by atoms with van der Waals surface area (Å²) < 4.78 is 31.4. The molecule has 3 heterocycles. The Bertz CT molecular complexity index is 1100. The highest BCUT2D eigenvalue weighted by molar-refractivity contribution is 7.92. The Morgan fingerprint density at radius 2 is 1.90 bits per heavy atom. The maximum absolute atomic E-state index is 12.9. The van der Waals surface area contributed by atoms with E-state index < -0.39 is 26.4 Å². The van der Waals surface area contributed by atoms with Crippen LogP contribution in [0.2, 0.25) is 0 Å². The second-order valence-electron chi connectivity index (χ2n) is 8.16. The zero-order valence-electron chi connectivity index (χ0n) is 17.8. The van der Waals surface area contributed by atoms with Gasteiger partial charge >= 0.3 is 6.03 Å². The maximum atomic E-state index is 12.9. The third-order valence-corrected chi connectivity index (χ3v) is 8.51. The first kappa shape index (κ1) is 21.5. The summed E-state index contributed by atoms with van der Waals surface area (Å²) in [6.45, 7) is 7.25. The van der Waals surface area contributed by atoms with Crippen molar-refractivity contribution in [2.24, 2.45) is 5.73 Å². The standard InChI is InChI=1S/C21H27N5O4S/c1-12-11-30-9-8-26(12)20-18-14(3)31(28,29)13(2)10-17(18)24-19(25-20)15-4-6-16(7-5-15)23-21(22)27/h4-7,12-14H,8-11H2,1-3H3,(H3,22,23,27)/t12-,13?,14?/m0/s1. The van der Waals surface area contributed by atoms with Crippen LogP contribution in [0.5, 0.6) is 0 Å². The number of nitrogens with zero attached hydrogens (tertiary/aromatic N) is 3. The first-order chi connectivity index (χ1) is 14.7. The number of fused-ring (bicyclic) bond motifs is 1. The van der Waals surface area contributed by atoms with Crippen LogP contribution in [0.15, 0.2) is 24.3 Å². The molecule has 9 nitrogen and oxygen atoms in total. The minimum atomic E-state index is -3.32. The third-order valence-electron chi connectivity index (χ3n) is 6.00. The van der Waals surface area contributed by atoms with E-state index in [1.54, 1.807) is 26.0 Å². The highest BCUT2D eigenvalue weighted by atomic mass is 32.2. The van der Waals surface area contributed by atoms with Gasteiger partial charge in [-0.05, 0) is 45.0 Å². The Morgan fingerprint density at radius 1 is 1.19 bits per heavy atom. The van der Waals surface area contributed by atoms with Crippen LogP contribution in [0.1, 0.15) is 37.3 Å². The number of nitrogens with two attached hydrogens (primary N) is 1. The van der Waals surface area contributed by atoms with Crippen molar-refractivity contribution in [3.63, 3.8) is 0 Å². The van der Waals surface area contributed by atoms with Crippen LogP contribution < -0.4 is 16.0 Å². The number of benzene rings is 1. The van der Waals surface area contributed by atoms with Crippen LogP contribution in [-0.2, 0) is 21.0 Å². The Morgan fingerprint density at radius 3 is 2.55 bits per heavy atom. The van der Waals surface area contributed by atoms with Crippen molar-refractivity contribution >= 4 is 27.4 Å². The second-order valence-corrected chi connectivity index (χ2v) is 10.9. The lowest BCUT2D eigenvalue weighted by Gasteiger charge is -2.38. The van der Waals surface area contributed by atoms with Gasteiger partial charge in [0.1, 0.15) is 5.82 Å². The molecule has 2 aliphatic heterocycles. The summed E-state index contributed by atoms with van der Waals surface area (Å²) in [5.41, 5.74) is 7.99. The molecule has 0 saturated carbocycles. The number of ether oxygens (including phenoxy) is 1. The fourth-order valence-electron chi connectivity index (χ4n) is 4.21. The fourth-order valence-corrected chi connectivity index (χ4v) is 5.87. The van der Waals surface area contributed by atoms with Gasteiger partial charge in [-0.25, -0.2) is 23.2 Å². The number of sulfone groups is 1. The lowest BCUT2D eigenvalue weighted by Crippen LogP contribution is -2.45. The van der Waals surface area contributed by atoms with E-state index in [0.717, 1.165) is 11.3 Å². The van der Waals surface area contributed by atoms with Gasteiger partial charge in [0.2, 0.25) is 0 Å². The summed E-state index contributed by atoms with van der Waals surface area (Å²) in [7, 11) is -3.32. The summed E-state index contributed by atoms with van der Waals surface area (Å²) in [6, 6.07) is 6.52. The first-order valence-electron chi connectivity index (χ1n) is 10.3. The van der Waals surface area contributed by atoms with Crippen molar-refractivity contribution < 1.29 is 17.9 Å². The van der Waals surface area contributed by atoms with Crippen LogP contribution in [0.4, 0.5) is 16.3 Å². The number of hydrogen-bond donors (Lipinski definition) is 2. The van der Waals surface area contributed by atoms with Crippen LogP contribution in [0.25, 0.3) is 11.4 Å². The Balaban J connectivity index is 1.84. The van der Waals surface area contributed by atoms with Crippen LogP contribution in [-0.4, -0.2) is 55.5 Å². The van der Waals surface area contributed by atoms with E-state index >= 15 is 0 Å². The van der Waals surface area contributed by atoms with E-state index in [1.165, 1.54) is 0 Å². The van der Waals surface area contributed by atoms with Crippen LogP contribution in [0, 0.1) is 0 Å². The molecule has 0 radical (unpaired) electrons. The molecule has 10 heteroatoms. The minimum absolute atomic E-state index is 0.0667. The van der Waals surface area contributed by atoms with E-state index in [0.29, 0.717) is 49.1 Å². The number of carbonyl (C=O) groups excluding carboxylic acids is 1. The van der Waals surface area contributed by atoms with Gasteiger partial charge in [-0.3, -0.25) is 0 Å². The van der Waals surface area contributed by atoms with Gasteiger partial charge in [-0.1, -0.05) is 0 Å². The van der Waals surface area contributed by atoms with Crippen molar-refractivity contribution in [3.8, 4) is 11.4 Å².